The molecule has 1 saturated heterocycles. The SMILES string of the molecule is Cc1nc2ccccc2c(C)c1CC(=O)N1CCO[C@H]2CCC[C@H]21. The molecule has 0 unspecified atom stereocenters. The number of para-hydroxylation sites is 1. The van der Waals surface area contributed by atoms with Gasteiger partial charge in [-0.2, -0.15) is 0 Å². The fourth-order valence-electron chi connectivity index (χ4n) is 4.32. The molecule has 1 aliphatic carbocycles. The number of rotatable bonds is 2. The molecule has 1 aromatic carbocycles. The number of benzene rings is 1. The quantitative estimate of drug-likeness (QED) is 0.852. The van der Waals surface area contributed by atoms with Gasteiger partial charge in [-0.15, -0.1) is 0 Å². The molecular weight excluding hydrogens is 300 g/mol. The van der Waals surface area contributed by atoms with Crippen LogP contribution in [0.2, 0.25) is 0 Å². The van der Waals surface area contributed by atoms with Gasteiger partial charge in [0, 0.05) is 17.6 Å². The van der Waals surface area contributed by atoms with Gasteiger partial charge in [0.2, 0.25) is 5.91 Å². The molecule has 0 radical (unpaired) electrons. The zero-order valence-corrected chi connectivity index (χ0v) is 14.4. The minimum absolute atomic E-state index is 0.221. The Kier molecular flexibility index (Phi) is 4.01. The van der Waals surface area contributed by atoms with Crippen molar-refractivity contribution in [3.63, 3.8) is 0 Å². The maximum atomic E-state index is 13.0. The molecule has 2 heterocycles. The van der Waals surface area contributed by atoms with Crippen LogP contribution in [0, 0.1) is 13.8 Å². The van der Waals surface area contributed by atoms with E-state index in [-0.39, 0.29) is 18.1 Å². The highest BCUT2D eigenvalue weighted by Gasteiger charge is 2.38. The molecule has 0 bridgehead atoms. The van der Waals surface area contributed by atoms with Crippen LogP contribution in [0.15, 0.2) is 24.3 Å². The average Bonchev–Trinajstić information content (AvgIpc) is 3.07. The Morgan fingerprint density at radius 1 is 1.29 bits per heavy atom. The van der Waals surface area contributed by atoms with Crippen molar-refractivity contribution in [2.45, 2.75) is 51.7 Å². The first-order valence-corrected chi connectivity index (χ1v) is 8.91. The summed E-state index contributed by atoms with van der Waals surface area (Å²) in [4.78, 5) is 19.8. The number of ether oxygens (including phenoxy) is 1. The Balaban J connectivity index is 1.63. The number of pyridine rings is 1. The second-order valence-corrected chi connectivity index (χ2v) is 6.99. The third-order valence-corrected chi connectivity index (χ3v) is 5.62. The van der Waals surface area contributed by atoms with Gasteiger partial charge in [0.25, 0.3) is 0 Å². The molecule has 2 aromatic rings. The van der Waals surface area contributed by atoms with Gasteiger partial charge in [-0.05, 0) is 50.3 Å². The van der Waals surface area contributed by atoms with E-state index in [1.54, 1.807) is 0 Å². The largest absolute Gasteiger partial charge is 0.374 e. The monoisotopic (exact) mass is 324 g/mol. The summed E-state index contributed by atoms with van der Waals surface area (Å²) in [6.45, 7) is 5.51. The highest BCUT2D eigenvalue weighted by molar-refractivity contribution is 5.86. The van der Waals surface area contributed by atoms with Gasteiger partial charge in [-0.25, -0.2) is 0 Å². The molecule has 0 N–H and O–H groups in total. The van der Waals surface area contributed by atoms with Crippen molar-refractivity contribution in [3.05, 3.63) is 41.1 Å². The van der Waals surface area contributed by atoms with E-state index < -0.39 is 0 Å². The number of nitrogens with zero attached hydrogens (tertiary/aromatic N) is 2. The maximum absolute atomic E-state index is 13.0. The van der Waals surface area contributed by atoms with Crippen LogP contribution in [0.3, 0.4) is 0 Å². The Bertz CT molecular complexity index is 787. The number of morpholine rings is 1. The van der Waals surface area contributed by atoms with E-state index in [0.29, 0.717) is 13.0 Å². The van der Waals surface area contributed by atoms with Crippen molar-refractivity contribution < 1.29 is 9.53 Å². The topological polar surface area (TPSA) is 42.4 Å². The Hall–Kier alpha value is -1.94. The Labute approximate surface area is 142 Å². The van der Waals surface area contributed by atoms with Crippen LogP contribution in [0.5, 0.6) is 0 Å². The van der Waals surface area contributed by atoms with Crippen LogP contribution in [0.25, 0.3) is 10.9 Å². The van der Waals surface area contributed by atoms with E-state index in [0.717, 1.165) is 48.0 Å². The van der Waals surface area contributed by atoms with Crippen LogP contribution in [-0.4, -0.2) is 41.1 Å². The molecule has 2 aliphatic rings. The summed E-state index contributed by atoms with van der Waals surface area (Å²) in [5.74, 6) is 0.221. The van der Waals surface area contributed by atoms with Gasteiger partial charge in [-0.1, -0.05) is 18.2 Å². The lowest BCUT2D eigenvalue weighted by Gasteiger charge is -2.38. The van der Waals surface area contributed by atoms with Crippen molar-refractivity contribution in [2.24, 2.45) is 0 Å². The van der Waals surface area contributed by atoms with Gasteiger partial charge in [0.05, 0.1) is 30.7 Å². The predicted octanol–water partition coefficient (Wildman–Crippen LogP) is 3.17. The van der Waals surface area contributed by atoms with Crippen molar-refractivity contribution in [2.75, 3.05) is 13.2 Å². The lowest BCUT2D eigenvalue weighted by atomic mass is 9.98. The minimum Gasteiger partial charge on any atom is -0.374 e. The zero-order chi connectivity index (χ0) is 16.7. The van der Waals surface area contributed by atoms with Gasteiger partial charge in [0.1, 0.15) is 0 Å². The molecule has 1 amide bonds. The summed E-state index contributed by atoms with van der Waals surface area (Å²) in [5.41, 5.74) is 4.24. The molecule has 4 rings (SSSR count). The van der Waals surface area contributed by atoms with Crippen LogP contribution in [-0.2, 0) is 16.0 Å². The molecule has 0 spiro atoms. The number of fused-ring (bicyclic) bond motifs is 2. The first-order valence-electron chi connectivity index (χ1n) is 8.91. The third kappa shape index (κ3) is 2.59. The highest BCUT2D eigenvalue weighted by atomic mass is 16.5. The summed E-state index contributed by atoms with van der Waals surface area (Å²) < 4.78 is 5.83. The number of hydrogen-bond acceptors (Lipinski definition) is 3. The van der Waals surface area contributed by atoms with E-state index in [4.69, 9.17) is 9.72 Å². The van der Waals surface area contributed by atoms with Crippen LogP contribution < -0.4 is 0 Å². The van der Waals surface area contributed by atoms with Gasteiger partial charge in [0.15, 0.2) is 0 Å². The summed E-state index contributed by atoms with van der Waals surface area (Å²) in [6.07, 6.45) is 4.02. The maximum Gasteiger partial charge on any atom is 0.227 e. The molecule has 4 nitrogen and oxygen atoms in total. The van der Waals surface area contributed by atoms with Crippen molar-refractivity contribution in [1.29, 1.82) is 0 Å². The second-order valence-electron chi connectivity index (χ2n) is 6.99. The van der Waals surface area contributed by atoms with Gasteiger partial charge < -0.3 is 9.64 Å². The first kappa shape index (κ1) is 15.6. The van der Waals surface area contributed by atoms with Gasteiger partial charge in [-0.3, -0.25) is 9.78 Å². The number of carbonyl (C=O) groups excluding carboxylic acids is 1. The summed E-state index contributed by atoms with van der Waals surface area (Å²) in [7, 11) is 0. The molecule has 2 fully saturated rings. The van der Waals surface area contributed by atoms with E-state index in [1.807, 2.05) is 25.1 Å². The van der Waals surface area contributed by atoms with E-state index in [2.05, 4.69) is 17.9 Å². The zero-order valence-electron chi connectivity index (χ0n) is 14.4. The summed E-state index contributed by atoms with van der Waals surface area (Å²) in [5, 5.41) is 1.15. The predicted molar refractivity (Wildman–Crippen MR) is 94.0 cm³/mol. The Morgan fingerprint density at radius 2 is 2.12 bits per heavy atom. The molecule has 24 heavy (non-hydrogen) atoms. The number of aromatic nitrogens is 1. The summed E-state index contributed by atoms with van der Waals surface area (Å²) >= 11 is 0. The molecule has 2 atom stereocenters. The van der Waals surface area contributed by atoms with Crippen LogP contribution in [0.1, 0.15) is 36.1 Å². The van der Waals surface area contributed by atoms with Crippen molar-refractivity contribution >= 4 is 16.8 Å². The van der Waals surface area contributed by atoms with Crippen molar-refractivity contribution in [3.8, 4) is 0 Å². The van der Waals surface area contributed by atoms with E-state index in [1.165, 1.54) is 5.56 Å². The number of hydrogen-bond donors (Lipinski definition) is 0. The highest BCUT2D eigenvalue weighted by Crippen LogP contribution is 2.31. The molecule has 1 aromatic heterocycles. The molecular formula is C20H24N2O2. The average molecular weight is 324 g/mol. The molecule has 4 heteroatoms. The molecule has 1 aliphatic heterocycles. The van der Waals surface area contributed by atoms with Crippen molar-refractivity contribution in [1.82, 2.24) is 9.88 Å². The first-order chi connectivity index (χ1) is 11.6. The molecule has 1 saturated carbocycles. The lowest BCUT2D eigenvalue weighted by molar-refractivity contribution is -0.143. The second kappa shape index (κ2) is 6.17. The summed E-state index contributed by atoms with van der Waals surface area (Å²) in [6, 6.07) is 8.44. The Morgan fingerprint density at radius 3 is 3.00 bits per heavy atom. The van der Waals surface area contributed by atoms with E-state index in [9.17, 15) is 4.79 Å². The van der Waals surface area contributed by atoms with Gasteiger partial charge >= 0.3 is 0 Å². The third-order valence-electron chi connectivity index (χ3n) is 5.62. The number of carbonyl (C=O) groups is 1. The minimum atomic E-state index is 0.221. The number of aryl methyl sites for hydroxylation is 2. The van der Waals surface area contributed by atoms with Crippen LogP contribution in [0.4, 0.5) is 0 Å². The lowest BCUT2D eigenvalue weighted by Crippen LogP contribution is -2.51. The number of amides is 1. The van der Waals surface area contributed by atoms with Crippen LogP contribution >= 0.6 is 0 Å². The smallest absolute Gasteiger partial charge is 0.227 e. The fourth-order valence-corrected chi connectivity index (χ4v) is 4.32. The normalized spacial score (nSPS) is 23.5. The standard InChI is InChI=1S/C20H24N2O2/c1-13-15-6-3-4-7-17(15)21-14(2)16(13)12-20(23)22-10-11-24-19-9-5-8-18(19)22/h3-4,6-7,18-19H,5,8-12H2,1-2H3/t18-,19+/m1/s1. The molecule has 126 valence electrons. The van der Waals surface area contributed by atoms with E-state index >= 15 is 0 Å². The fraction of sp³-hybridized carbons (Fsp3) is 0.500.